The molecule has 5 nitrogen and oxygen atoms in total. The van der Waals surface area contributed by atoms with Crippen LogP contribution in [0.15, 0.2) is 42.5 Å². The van der Waals surface area contributed by atoms with E-state index in [9.17, 15) is 5.11 Å². The second kappa shape index (κ2) is 7.47. The molecule has 2 aromatic rings. The first-order valence-corrected chi connectivity index (χ1v) is 13.4. The molecule has 4 bridgehead atoms. The average molecular weight is 476 g/mol. The maximum atomic E-state index is 11.1. The Morgan fingerprint density at radius 1 is 1.11 bits per heavy atom. The van der Waals surface area contributed by atoms with Crippen LogP contribution in [0.3, 0.4) is 0 Å². The Kier molecular flexibility index (Phi) is 4.73. The van der Waals surface area contributed by atoms with E-state index in [2.05, 4.69) is 47.4 Å². The van der Waals surface area contributed by atoms with Crippen LogP contribution in [0.2, 0.25) is 0 Å². The molecule has 186 valence electrons. The molecule has 0 radical (unpaired) electrons. The lowest BCUT2D eigenvalue weighted by Crippen LogP contribution is -2.81. The number of aliphatic hydroxyl groups is 1. The van der Waals surface area contributed by atoms with Crippen LogP contribution in [0.1, 0.15) is 49.3 Å². The summed E-state index contributed by atoms with van der Waals surface area (Å²) in [6.07, 6.45) is 5.76. The summed E-state index contributed by atoms with van der Waals surface area (Å²) in [4.78, 5) is 2.78. The van der Waals surface area contributed by atoms with E-state index in [0.29, 0.717) is 6.04 Å². The van der Waals surface area contributed by atoms with Crippen LogP contribution in [0.25, 0.3) is 0 Å². The van der Waals surface area contributed by atoms with Crippen LogP contribution in [-0.4, -0.2) is 61.2 Å². The SMILES string of the molecule is COc1ccc2c3c1O[C@H]1[C@@]4(OC)CC[C@@]5(C[C@@H]4C(C)O)[C@@H](C2)N(CCc2ccccc2)CC[C@]315. The highest BCUT2D eigenvalue weighted by atomic mass is 16.6. The van der Waals surface area contributed by atoms with Crippen LogP contribution in [0.5, 0.6) is 11.5 Å². The fourth-order valence-corrected chi connectivity index (χ4v) is 9.51. The summed E-state index contributed by atoms with van der Waals surface area (Å²) in [6, 6.07) is 15.7. The number of likely N-dealkylation sites (tertiary alicyclic amines) is 1. The van der Waals surface area contributed by atoms with Gasteiger partial charge in [0, 0.05) is 42.0 Å². The predicted octanol–water partition coefficient (Wildman–Crippen LogP) is 4.13. The Morgan fingerprint density at radius 2 is 1.94 bits per heavy atom. The van der Waals surface area contributed by atoms with Gasteiger partial charge < -0.3 is 19.3 Å². The van der Waals surface area contributed by atoms with Gasteiger partial charge in [0.05, 0.1) is 13.2 Å². The summed E-state index contributed by atoms with van der Waals surface area (Å²) in [5, 5.41) is 11.1. The predicted molar refractivity (Wildman–Crippen MR) is 134 cm³/mol. The van der Waals surface area contributed by atoms with Crippen molar-refractivity contribution in [2.24, 2.45) is 11.3 Å². The number of aliphatic hydroxyl groups excluding tert-OH is 1. The minimum Gasteiger partial charge on any atom is -0.493 e. The molecule has 2 aliphatic heterocycles. The maximum Gasteiger partial charge on any atom is 0.165 e. The number of hydrogen-bond acceptors (Lipinski definition) is 5. The molecule has 6 aliphatic rings. The van der Waals surface area contributed by atoms with Crippen molar-refractivity contribution in [3.05, 3.63) is 59.2 Å². The van der Waals surface area contributed by atoms with Gasteiger partial charge in [0.2, 0.25) is 0 Å². The monoisotopic (exact) mass is 475 g/mol. The molecule has 2 spiro atoms. The highest BCUT2D eigenvalue weighted by Gasteiger charge is 2.80. The molecule has 1 unspecified atom stereocenters. The van der Waals surface area contributed by atoms with Gasteiger partial charge >= 0.3 is 0 Å². The fraction of sp³-hybridized carbons (Fsp3) is 0.600. The highest BCUT2D eigenvalue weighted by Crippen LogP contribution is 2.76. The molecule has 1 N–H and O–H groups in total. The number of ether oxygens (including phenoxy) is 3. The molecule has 2 heterocycles. The minimum atomic E-state index is -0.467. The van der Waals surface area contributed by atoms with Gasteiger partial charge in [-0.1, -0.05) is 36.4 Å². The van der Waals surface area contributed by atoms with Crippen LogP contribution < -0.4 is 9.47 Å². The van der Waals surface area contributed by atoms with Crippen LogP contribution in [-0.2, 0) is 23.0 Å². The lowest BCUT2D eigenvalue weighted by atomic mass is 9.34. The topological polar surface area (TPSA) is 51.2 Å². The first kappa shape index (κ1) is 22.1. The number of fused-ring (bicyclic) bond motifs is 2. The summed E-state index contributed by atoms with van der Waals surface area (Å²) in [5.41, 5.74) is 3.78. The van der Waals surface area contributed by atoms with Crippen molar-refractivity contribution in [2.45, 2.75) is 74.7 Å². The summed E-state index contributed by atoms with van der Waals surface area (Å²) < 4.78 is 19.3. The van der Waals surface area contributed by atoms with Crippen molar-refractivity contribution in [1.29, 1.82) is 0 Å². The van der Waals surface area contributed by atoms with E-state index < -0.39 is 11.7 Å². The minimum absolute atomic E-state index is 0.0674. The second-order valence-corrected chi connectivity index (χ2v) is 11.7. The summed E-state index contributed by atoms with van der Waals surface area (Å²) in [6.45, 7) is 4.11. The molecule has 7 atom stereocenters. The van der Waals surface area contributed by atoms with E-state index >= 15 is 0 Å². The molecule has 4 aliphatic carbocycles. The normalized spacial score (nSPS) is 39.1. The molecular weight excluding hydrogens is 438 g/mol. The number of benzene rings is 2. The van der Waals surface area contributed by atoms with Gasteiger partial charge in [-0.05, 0) is 69.2 Å². The molecule has 5 heteroatoms. The Hall–Kier alpha value is -2.08. The molecule has 4 fully saturated rings. The molecule has 0 aromatic heterocycles. The van der Waals surface area contributed by atoms with Gasteiger partial charge in [-0.3, -0.25) is 4.90 Å². The standard InChI is InChI=1S/C30H37NO4/c1-19(32)22-18-28-12-13-30(22,34-3)27-29(28)14-16-31(15-11-20-7-5-4-6-8-20)24(28)17-21-9-10-23(33-2)26(35-27)25(21)29/h4-10,19,22,24,27,32H,11-18H2,1-3H3/t19?,22-,24-,27-,28-,29+,30-/m1/s1. The van der Waals surface area contributed by atoms with E-state index in [1.54, 1.807) is 7.11 Å². The zero-order chi connectivity index (χ0) is 24.0. The molecule has 8 rings (SSSR count). The van der Waals surface area contributed by atoms with Crippen molar-refractivity contribution in [3.63, 3.8) is 0 Å². The van der Waals surface area contributed by atoms with Gasteiger partial charge in [0.1, 0.15) is 11.7 Å². The summed E-state index contributed by atoms with van der Waals surface area (Å²) in [7, 11) is 3.58. The third kappa shape index (κ3) is 2.55. The summed E-state index contributed by atoms with van der Waals surface area (Å²) >= 11 is 0. The zero-order valence-electron chi connectivity index (χ0n) is 21.1. The Balaban J connectivity index is 1.38. The lowest BCUT2D eigenvalue weighted by Gasteiger charge is -2.74. The van der Waals surface area contributed by atoms with Crippen LogP contribution in [0.4, 0.5) is 0 Å². The van der Waals surface area contributed by atoms with Crippen molar-refractivity contribution < 1.29 is 19.3 Å². The van der Waals surface area contributed by atoms with Crippen molar-refractivity contribution >= 4 is 0 Å². The number of nitrogens with zero attached hydrogens (tertiary/aromatic N) is 1. The molecule has 3 saturated carbocycles. The number of rotatable bonds is 6. The second-order valence-electron chi connectivity index (χ2n) is 11.7. The van der Waals surface area contributed by atoms with Gasteiger partial charge in [-0.2, -0.15) is 0 Å². The largest absolute Gasteiger partial charge is 0.493 e. The summed E-state index contributed by atoms with van der Waals surface area (Å²) in [5.74, 6) is 1.86. The smallest absolute Gasteiger partial charge is 0.165 e. The van der Waals surface area contributed by atoms with E-state index in [0.717, 1.165) is 63.1 Å². The van der Waals surface area contributed by atoms with Gasteiger partial charge in [-0.25, -0.2) is 0 Å². The Labute approximate surface area is 208 Å². The Morgan fingerprint density at radius 3 is 2.69 bits per heavy atom. The van der Waals surface area contributed by atoms with E-state index in [-0.39, 0.29) is 22.9 Å². The highest BCUT2D eigenvalue weighted by molar-refractivity contribution is 5.63. The van der Waals surface area contributed by atoms with Crippen molar-refractivity contribution in [3.8, 4) is 11.5 Å². The number of hydrogen-bond donors (Lipinski definition) is 1. The van der Waals surface area contributed by atoms with Crippen LogP contribution in [0, 0.1) is 11.3 Å². The maximum absolute atomic E-state index is 11.1. The number of methoxy groups -OCH3 is 2. The quantitative estimate of drug-likeness (QED) is 0.681. The number of piperidine rings is 1. The van der Waals surface area contributed by atoms with Gasteiger partial charge in [0.25, 0.3) is 0 Å². The molecule has 35 heavy (non-hydrogen) atoms. The van der Waals surface area contributed by atoms with E-state index in [1.165, 1.54) is 16.7 Å². The zero-order valence-corrected chi connectivity index (χ0v) is 21.1. The van der Waals surface area contributed by atoms with Crippen molar-refractivity contribution in [1.82, 2.24) is 4.90 Å². The first-order chi connectivity index (χ1) is 17.0. The molecular formula is C30H37NO4. The van der Waals surface area contributed by atoms with Crippen molar-refractivity contribution in [2.75, 3.05) is 27.3 Å². The molecule has 2 aromatic carbocycles. The molecule has 1 saturated heterocycles. The first-order valence-electron chi connectivity index (χ1n) is 13.4. The van der Waals surface area contributed by atoms with E-state index in [1.807, 2.05) is 14.0 Å². The molecule has 0 amide bonds. The van der Waals surface area contributed by atoms with Gasteiger partial charge in [0.15, 0.2) is 11.5 Å². The Bertz CT molecular complexity index is 1150. The fourth-order valence-electron chi connectivity index (χ4n) is 9.51. The van der Waals surface area contributed by atoms with Crippen LogP contribution >= 0.6 is 0 Å². The van der Waals surface area contributed by atoms with E-state index in [4.69, 9.17) is 14.2 Å². The third-order valence-electron chi connectivity index (χ3n) is 10.8. The average Bonchev–Trinajstić information content (AvgIpc) is 3.25. The third-order valence-corrected chi connectivity index (χ3v) is 10.8. The lowest BCUT2D eigenvalue weighted by molar-refractivity contribution is -0.288. The van der Waals surface area contributed by atoms with Gasteiger partial charge in [-0.15, -0.1) is 0 Å².